The molecular formula is C21H38IN5. The molecule has 27 heavy (non-hydrogen) atoms. The van der Waals surface area contributed by atoms with Crippen LogP contribution in [0.25, 0.3) is 0 Å². The van der Waals surface area contributed by atoms with Crippen molar-refractivity contribution in [3.63, 3.8) is 0 Å². The topological polar surface area (TPSA) is 51.7 Å². The summed E-state index contributed by atoms with van der Waals surface area (Å²) in [4.78, 5) is 7.18. The molecule has 1 saturated heterocycles. The Morgan fingerprint density at radius 3 is 2.56 bits per heavy atom. The number of halogens is 1. The van der Waals surface area contributed by atoms with Gasteiger partial charge >= 0.3 is 0 Å². The molecule has 1 aromatic carbocycles. The Bertz CT molecular complexity index is 576. The fourth-order valence-electron chi connectivity index (χ4n) is 3.17. The number of benzene rings is 1. The van der Waals surface area contributed by atoms with Crippen molar-refractivity contribution < 1.29 is 0 Å². The highest BCUT2D eigenvalue weighted by Crippen LogP contribution is 2.23. The van der Waals surface area contributed by atoms with E-state index in [1.54, 1.807) is 0 Å². The summed E-state index contributed by atoms with van der Waals surface area (Å²) >= 11 is 0. The molecule has 1 atom stereocenters. The summed E-state index contributed by atoms with van der Waals surface area (Å²) in [5.41, 5.74) is 2.77. The van der Waals surface area contributed by atoms with Gasteiger partial charge in [-0.05, 0) is 65.2 Å². The number of aliphatic imine (C=N–C) groups is 1. The van der Waals surface area contributed by atoms with Crippen LogP contribution in [0.5, 0.6) is 0 Å². The van der Waals surface area contributed by atoms with Gasteiger partial charge in [0.25, 0.3) is 0 Å². The number of hydrogen-bond acceptors (Lipinski definition) is 3. The van der Waals surface area contributed by atoms with Crippen molar-refractivity contribution in [2.24, 2.45) is 4.99 Å². The van der Waals surface area contributed by atoms with Crippen LogP contribution in [0.15, 0.2) is 29.3 Å². The van der Waals surface area contributed by atoms with Crippen LogP contribution in [-0.2, 0) is 0 Å². The summed E-state index contributed by atoms with van der Waals surface area (Å²) in [7, 11) is 0. The molecule has 2 rings (SSSR count). The van der Waals surface area contributed by atoms with Gasteiger partial charge in [-0.1, -0.05) is 12.1 Å². The highest BCUT2D eigenvalue weighted by molar-refractivity contribution is 14.0. The molecule has 1 unspecified atom stereocenters. The number of rotatable bonds is 7. The maximum atomic E-state index is 4.70. The SMILES string of the molecule is CCNC(=NCCNC(C)(C)C)NC(C)c1cccc(N2CCCC2)c1.I. The highest BCUT2D eigenvalue weighted by Gasteiger charge is 2.14. The smallest absolute Gasteiger partial charge is 0.191 e. The molecule has 1 aliphatic rings. The van der Waals surface area contributed by atoms with Gasteiger partial charge in [0.05, 0.1) is 12.6 Å². The minimum atomic E-state index is 0. The second-order valence-electron chi connectivity index (χ2n) is 8.09. The zero-order valence-electron chi connectivity index (χ0n) is 17.6. The molecule has 3 N–H and O–H groups in total. The Morgan fingerprint density at radius 2 is 1.93 bits per heavy atom. The zero-order valence-corrected chi connectivity index (χ0v) is 20.0. The van der Waals surface area contributed by atoms with E-state index in [9.17, 15) is 0 Å². The average Bonchev–Trinajstić information content (AvgIpc) is 3.12. The Kier molecular flexibility index (Phi) is 10.4. The van der Waals surface area contributed by atoms with Crippen molar-refractivity contribution in [2.75, 3.05) is 37.6 Å². The van der Waals surface area contributed by atoms with E-state index < -0.39 is 0 Å². The summed E-state index contributed by atoms with van der Waals surface area (Å²) < 4.78 is 0. The van der Waals surface area contributed by atoms with Crippen LogP contribution in [0.1, 0.15) is 59.1 Å². The summed E-state index contributed by atoms with van der Waals surface area (Å²) in [5.74, 6) is 0.877. The molecule has 154 valence electrons. The highest BCUT2D eigenvalue weighted by atomic mass is 127. The zero-order chi connectivity index (χ0) is 19.0. The van der Waals surface area contributed by atoms with Crippen molar-refractivity contribution in [3.8, 4) is 0 Å². The number of guanidine groups is 1. The molecule has 0 amide bonds. The molecule has 1 heterocycles. The summed E-state index contributed by atoms with van der Waals surface area (Å²) in [6, 6.07) is 9.11. The van der Waals surface area contributed by atoms with Gasteiger partial charge in [0, 0.05) is 37.4 Å². The molecule has 5 nitrogen and oxygen atoms in total. The molecule has 0 spiro atoms. The number of nitrogens with zero attached hydrogens (tertiary/aromatic N) is 2. The third kappa shape index (κ3) is 8.68. The predicted molar refractivity (Wildman–Crippen MR) is 129 cm³/mol. The van der Waals surface area contributed by atoms with Crippen molar-refractivity contribution in [1.29, 1.82) is 0 Å². The van der Waals surface area contributed by atoms with E-state index in [0.29, 0.717) is 0 Å². The first-order valence-corrected chi connectivity index (χ1v) is 10.0. The van der Waals surface area contributed by atoms with Gasteiger partial charge in [0.2, 0.25) is 0 Å². The second-order valence-corrected chi connectivity index (χ2v) is 8.09. The van der Waals surface area contributed by atoms with Gasteiger partial charge in [-0.25, -0.2) is 0 Å². The molecule has 0 bridgehead atoms. The molecule has 0 saturated carbocycles. The van der Waals surface area contributed by atoms with Gasteiger partial charge in [-0.3, -0.25) is 4.99 Å². The lowest BCUT2D eigenvalue weighted by Crippen LogP contribution is -2.40. The van der Waals surface area contributed by atoms with Gasteiger partial charge in [0.1, 0.15) is 0 Å². The first-order chi connectivity index (χ1) is 12.4. The van der Waals surface area contributed by atoms with Gasteiger partial charge < -0.3 is 20.9 Å². The number of hydrogen-bond donors (Lipinski definition) is 3. The second kappa shape index (κ2) is 11.7. The Balaban J connectivity index is 0.00000364. The van der Waals surface area contributed by atoms with Gasteiger partial charge in [0.15, 0.2) is 5.96 Å². The maximum Gasteiger partial charge on any atom is 0.191 e. The third-order valence-electron chi connectivity index (χ3n) is 4.58. The molecule has 1 fully saturated rings. The monoisotopic (exact) mass is 487 g/mol. The lowest BCUT2D eigenvalue weighted by molar-refractivity contribution is 0.432. The van der Waals surface area contributed by atoms with Crippen LogP contribution in [-0.4, -0.2) is 44.2 Å². The Hall–Kier alpha value is -1.02. The van der Waals surface area contributed by atoms with Gasteiger partial charge in [-0.15, -0.1) is 24.0 Å². The third-order valence-corrected chi connectivity index (χ3v) is 4.58. The van der Waals surface area contributed by atoms with Crippen LogP contribution in [0.2, 0.25) is 0 Å². The largest absolute Gasteiger partial charge is 0.372 e. The van der Waals surface area contributed by atoms with Crippen LogP contribution in [0, 0.1) is 0 Å². The first-order valence-electron chi connectivity index (χ1n) is 10.0. The van der Waals surface area contributed by atoms with E-state index >= 15 is 0 Å². The minimum absolute atomic E-state index is 0. The molecule has 0 aliphatic carbocycles. The summed E-state index contributed by atoms with van der Waals surface area (Å²) in [6.45, 7) is 15.7. The van der Waals surface area contributed by atoms with Gasteiger partial charge in [-0.2, -0.15) is 0 Å². The lowest BCUT2D eigenvalue weighted by atomic mass is 10.1. The fraction of sp³-hybridized carbons (Fsp3) is 0.667. The van der Waals surface area contributed by atoms with E-state index in [1.807, 2.05) is 0 Å². The standard InChI is InChI=1S/C21H37N5.HI/c1-6-22-20(23-12-13-24-21(3,4)5)25-17(2)18-10-9-11-19(16-18)26-14-7-8-15-26;/h9-11,16-17,24H,6-8,12-15H2,1-5H3,(H2,22,23,25);1H. The Morgan fingerprint density at radius 1 is 1.22 bits per heavy atom. The molecular weight excluding hydrogens is 449 g/mol. The molecule has 0 radical (unpaired) electrons. The minimum Gasteiger partial charge on any atom is -0.372 e. The van der Waals surface area contributed by atoms with Crippen LogP contribution in [0.4, 0.5) is 5.69 Å². The molecule has 1 aliphatic heterocycles. The maximum absolute atomic E-state index is 4.70. The quantitative estimate of drug-likeness (QED) is 0.236. The molecule has 0 aromatic heterocycles. The van der Waals surface area contributed by atoms with Crippen molar-refractivity contribution in [3.05, 3.63) is 29.8 Å². The number of anilines is 1. The van der Waals surface area contributed by atoms with E-state index in [1.165, 1.54) is 37.2 Å². The van der Waals surface area contributed by atoms with Crippen molar-refractivity contribution >= 4 is 35.6 Å². The van der Waals surface area contributed by atoms with E-state index in [0.717, 1.165) is 25.6 Å². The van der Waals surface area contributed by atoms with E-state index in [2.05, 4.69) is 79.7 Å². The Labute approximate surface area is 182 Å². The van der Waals surface area contributed by atoms with E-state index in [-0.39, 0.29) is 35.6 Å². The van der Waals surface area contributed by atoms with Crippen LogP contribution >= 0.6 is 24.0 Å². The summed E-state index contributed by atoms with van der Waals surface area (Å²) in [5, 5.41) is 10.4. The number of nitrogens with one attached hydrogen (secondary N) is 3. The normalized spacial score (nSPS) is 16.0. The summed E-state index contributed by atoms with van der Waals surface area (Å²) in [6.07, 6.45) is 2.61. The van der Waals surface area contributed by atoms with Crippen LogP contribution in [0.3, 0.4) is 0 Å². The lowest BCUT2D eigenvalue weighted by Gasteiger charge is -2.22. The van der Waals surface area contributed by atoms with Crippen molar-refractivity contribution in [2.45, 2.75) is 59.0 Å². The van der Waals surface area contributed by atoms with Crippen molar-refractivity contribution in [1.82, 2.24) is 16.0 Å². The molecule has 6 heteroatoms. The first kappa shape index (κ1) is 24.0. The fourth-order valence-corrected chi connectivity index (χ4v) is 3.17. The van der Waals surface area contributed by atoms with E-state index in [4.69, 9.17) is 4.99 Å². The average molecular weight is 487 g/mol. The predicted octanol–water partition coefficient (Wildman–Crippen LogP) is 3.91. The van der Waals surface area contributed by atoms with Crippen LogP contribution < -0.4 is 20.9 Å². The molecule has 1 aromatic rings.